The maximum absolute atomic E-state index is 2.31. The van der Waals surface area contributed by atoms with Crippen molar-refractivity contribution in [2.24, 2.45) is 0 Å². The summed E-state index contributed by atoms with van der Waals surface area (Å²) in [5.74, 6) is 6.92. The lowest BCUT2D eigenvalue weighted by Gasteiger charge is -2.44. The maximum atomic E-state index is 2.31. The van der Waals surface area contributed by atoms with Crippen LogP contribution in [0.3, 0.4) is 0 Å². The first-order chi connectivity index (χ1) is 11.2. The zero-order chi connectivity index (χ0) is 16.5. The third-order valence-corrected chi connectivity index (χ3v) is 10.1. The quantitative estimate of drug-likeness (QED) is 0.358. The average molecular weight is 353 g/mol. The van der Waals surface area contributed by atoms with Crippen LogP contribution in [0.15, 0.2) is 0 Å². The minimum atomic E-state index is -0.139. The summed E-state index contributed by atoms with van der Waals surface area (Å²) in [5, 5.41) is 0. The Kier molecular flexibility index (Phi) is 10.2. The fourth-order valence-electron chi connectivity index (χ4n) is 5.03. The van der Waals surface area contributed by atoms with Crippen LogP contribution in [-0.4, -0.2) is 31.1 Å². The molecule has 3 saturated carbocycles. The van der Waals surface area contributed by atoms with Crippen molar-refractivity contribution in [1.29, 1.82) is 0 Å². The molecule has 0 N–H and O–H groups in total. The van der Waals surface area contributed by atoms with Crippen molar-refractivity contribution in [1.82, 2.24) is 0 Å². The summed E-state index contributed by atoms with van der Waals surface area (Å²) in [6.07, 6.45) is 23.6. The Hall–Kier alpha value is 0.962. The third-order valence-electron chi connectivity index (χ3n) is 5.99. The molecule has 0 saturated heterocycles. The first-order valence-electron chi connectivity index (χ1n) is 11.0. The molecule has 0 spiro atoms. The summed E-state index contributed by atoms with van der Waals surface area (Å²) in [4.78, 5) is 0. The standard InChI is InChI=1S/C18H33P.3CH3.Al/c1-4-10-16(11-5-1)19(17-12-6-2-7-13-17)18-14-8-3-9-15-18;;;;/h16-18H,1-15H2;3*1H3;. The van der Waals surface area contributed by atoms with Gasteiger partial charge in [0, 0.05) is 0 Å². The van der Waals surface area contributed by atoms with E-state index in [-0.39, 0.29) is 14.1 Å². The molecule has 0 nitrogen and oxygen atoms in total. The normalized spacial score (nSPS) is 25.0. The van der Waals surface area contributed by atoms with Crippen molar-refractivity contribution in [2.75, 3.05) is 0 Å². The van der Waals surface area contributed by atoms with Gasteiger partial charge in [0.05, 0.1) is 0 Å². The van der Waals surface area contributed by atoms with Gasteiger partial charge in [-0.05, 0) is 55.5 Å². The van der Waals surface area contributed by atoms with Crippen molar-refractivity contribution in [3.8, 4) is 0 Å². The second-order valence-corrected chi connectivity index (χ2v) is 15.6. The van der Waals surface area contributed by atoms with Gasteiger partial charge in [0.15, 0.2) is 0 Å². The Morgan fingerprint density at radius 2 is 0.696 bits per heavy atom. The van der Waals surface area contributed by atoms with Crippen LogP contribution in [0.1, 0.15) is 96.3 Å². The van der Waals surface area contributed by atoms with Gasteiger partial charge in [-0.1, -0.05) is 65.7 Å². The van der Waals surface area contributed by atoms with Gasteiger partial charge in [-0.25, -0.2) is 0 Å². The third kappa shape index (κ3) is 7.39. The van der Waals surface area contributed by atoms with Crippen LogP contribution in [0.4, 0.5) is 0 Å². The average Bonchev–Trinajstić information content (AvgIpc) is 2.58. The summed E-state index contributed by atoms with van der Waals surface area (Å²) in [6.45, 7) is 0. The van der Waals surface area contributed by atoms with E-state index in [1.54, 1.807) is 77.0 Å². The molecular weight excluding hydrogens is 310 g/mol. The first kappa shape index (κ1) is 20.3. The van der Waals surface area contributed by atoms with E-state index in [0.717, 1.165) is 0 Å². The minimum Gasteiger partial charge on any atom is -0.106 e. The van der Waals surface area contributed by atoms with Crippen LogP contribution < -0.4 is 0 Å². The molecule has 3 fully saturated rings. The van der Waals surface area contributed by atoms with Gasteiger partial charge in [-0.15, -0.1) is 17.4 Å². The highest BCUT2D eigenvalue weighted by molar-refractivity contribution is 7.60. The van der Waals surface area contributed by atoms with Crippen LogP contribution >= 0.6 is 7.92 Å². The highest BCUT2D eigenvalue weighted by Gasteiger charge is 2.36. The van der Waals surface area contributed by atoms with Gasteiger partial charge in [0.1, 0.15) is 0 Å². The molecule has 0 aromatic rings. The molecule has 0 heterocycles. The van der Waals surface area contributed by atoms with Gasteiger partial charge in [0.2, 0.25) is 0 Å². The van der Waals surface area contributed by atoms with Crippen LogP contribution in [0, 0.1) is 0 Å². The zero-order valence-corrected chi connectivity index (χ0v) is 18.4. The lowest BCUT2D eigenvalue weighted by molar-refractivity contribution is 0.460. The van der Waals surface area contributed by atoms with Crippen molar-refractivity contribution in [3.63, 3.8) is 0 Å². The highest BCUT2D eigenvalue weighted by Crippen LogP contribution is 2.61. The number of hydrogen-bond acceptors (Lipinski definition) is 0. The van der Waals surface area contributed by atoms with Crippen molar-refractivity contribution in [3.05, 3.63) is 0 Å². The van der Waals surface area contributed by atoms with Crippen LogP contribution in [0.25, 0.3) is 0 Å². The van der Waals surface area contributed by atoms with E-state index in [1.165, 1.54) is 36.2 Å². The summed E-state index contributed by atoms with van der Waals surface area (Å²) < 4.78 is 0. The van der Waals surface area contributed by atoms with E-state index in [4.69, 9.17) is 0 Å². The molecule has 3 aliphatic rings. The minimum absolute atomic E-state index is 0.139. The molecule has 0 radical (unpaired) electrons. The fraction of sp³-hybridized carbons (Fsp3) is 1.00. The Labute approximate surface area is 152 Å². The number of rotatable bonds is 3. The van der Waals surface area contributed by atoms with Crippen molar-refractivity contribution in [2.45, 2.75) is 131 Å². The van der Waals surface area contributed by atoms with E-state index < -0.39 is 0 Å². The van der Waals surface area contributed by atoms with Gasteiger partial charge in [-0.2, -0.15) is 0 Å². The van der Waals surface area contributed by atoms with E-state index in [2.05, 4.69) is 17.4 Å². The Morgan fingerprint density at radius 1 is 0.478 bits per heavy atom. The molecule has 2 heteroatoms. The molecule has 0 aliphatic heterocycles. The van der Waals surface area contributed by atoms with Crippen molar-refractivity contribution >= 4 is 22.1 Å². The van der Waals surface area contributed by atoms with E-state index in [0.29, 0.717) is 7.92 Å². The van der Waals surface area contributed by atoms with E-state index in [1.807, 2.05) is 0 Å². The SMILES string of the molecule is C1CCC(P(C2CCCCC2)C2CCCCC2)CC1.[CH3][Al]([CH3])[CH3]. The monoisotopic (exact) mass is 352 g/mol. The van der Waals surface area contributed by atoms with Gasteiger partial charge in [-0.3, -0.25) is 0 Å². The summed E-state index contributed by atoms with van der Waals surface area (Å²) in [6, 6.07) is 0. The van der Waals surface area contributed by atoms with Crippen LogP contribution in [0.5, 0.6) is 0 Å². The topological polar surface area (TPSA) is 0 Å². The molecule has 23 heavy (non-hydrogen) atoms. The fourth-order valence-corrected chi connectivity index (χ4v) is 9.71. The molecule has 0 unspecified atom stereocenters. The van der Waals surface area contributed by atoms with Crippen LogP contribution in [-0.2, 0) is 0 Å². The first-order valence-corrected chi connectivity index (χ1v) is 16.0. The predicted octanol–water partition coefficient (Wildman–Crippen LogP) is 7.84. The second kappa shape index (κ2) is 11.6. The molecular formula is C21H42AlP. The largest absolute Gasteiger partial charge is 0.251 e. The van der Waals surface area contributed by atoms with Gasteiger partial charge in [0.25, 0.3) is 14.1 Å². The van der Waals surface area contributed by atoms with Crippen LogP contribution in [0.2, 0.25) is 17.4 Å². The molecule has 0 amide bonds. The molecule has 3 aliphatic carbocycles. The van der Waals surface area contributed by atoms with Gasteiger partial charge >= 0.3 is 0 Å². The maximum Gasteiger partial charge on any atom is 0.251 e. The van der Waals surface area contributed by atoms with E-state index >= 15 is 0 Å². The Morgan fingerprint density at radius 3 is 0.913 bits per heavy atom. The predicted molar refractivity (Wildman–Crippen MR) is 111 cm³/mol. The lowest BCUT2D eigenvalue weighted by Crippen LogP contribution is -2.28. The molecule has 0 bridgehead atoms. The lowest BCUT2D eigenvalue weighted by atomic mass is 9.99. The van der Waals surface area contributed by atoms with Crippen molar-refractivity contribution < 1.29 is 0 Å². The molecule has 3 rings (SSSR count). The number of hydrogen-bond donors (Lipinski definition) is 0. The van der Waals surface area contributed by atoms with E-state index in [9.17, 15) is 0 Å². The summed E-state index contributed by atoms with van der Waals surface area (Å²) in [5.41, 5.74) is 3.57. The smallest absolute Gasteiger partial charge is 0.106 e. The highest BCUT2D eigenvalue weighted by atomic mass is 31.1. The molecule has 0 atom stereocenters. The molecule has 0 aromatic heterocycles. The second-order valence-electron chi connectivity index (χ2n) is 9.05. The molecule has 0 aromatic carbocycles. The summed E-state index contributed by atoms with van der Waals surface area (Å²) in [7, 11) is 0.385. The Bertz CT molecular complexity index is 241. The zero-order valence-electron chi connectivity index (χ0n) is 16.4. The molecule has 134 valence electrons. The summed E-state index contributed by atoms with van der Waals surface area (Å²) >= 11 is -0.139. The van der Waals surface area contributed by atoms with Gasteiger partial charge < -0.3 is 0 Å². The Balaban J connectivity index is 0.000000433.